The predicted molar refractivity (Wildman–Crippen MR) is 71.8 cm³/mol. The van der Waals surface area contributed by atoms with Gasteiger partial charge in [-0.1, -0.05) is 0 Å². The molecule has 5 heteroatoms. The van der Waals surface area contributed by atoms with Gasteiger partial charge in [0.25, 0.3) is 0 Å². The van der Waals surface area contributed by atoms with E-state index in [0.717, 1.165) is 19.6 Å². The van der Waals surface area contributed by atoms with Gasteiger partial charge in [0.2, 0.25) is 0 Å². The van der Waals surface area contributed by atoms with Gasteiger partial charge < -0.3 is 24.8 Å². The van der Waals surface area contributed by atoms with Crippen LogP contribution in [-0.4, -0.2) is 76.3 Å². The lowest BCUT2D eigenvalue weighted by Crippen LogP contribution is -2.40. The van der Waals surface area contributed by atoms with Crippen LogP contribution in [0.4, 0.5) is 0 Å². The molecule has 2 unspecified atom stereocenters. The smallest absolute Gasteiger partial charge is 0.0900 e. The number of ether oxygens (including phenoxy) is 2. The third kappa shape index (κ3) is 7.28. The monoisotopic (exact) mass is 260 g/mol. The van der Waals surface area contributed by atoms with E-state index in [-0.39, 0.29) is 0 Å². The second-order valence-corrected chi connectivity index (χ2v) is 5.16. The van der Waals surface area contributed by atoms with Crippen molar-refractivity contribution in [2.24, 2.45) is 5.92 Å². The maximum Gasteiger partial charge on any atom is 0.0900 e. The van der Waals surface area contributed by atoms with Crippen LogP contribution in [0.15, 0.2) is 0 Å². The Morgan fingerprint density at radius 1 is 1.44 bits per heavy atom. The molecule has 0 bridgehead atoms. The molecule has 1 aliphatic rings. The van der Waals surface area contributed by atoms with Crippen molar-refractivity contribution in [3.05, 3.63) is 0 Å². The number of piperidine rings is 1. The molecule has 5 nitrogen and oxygen atoms in total. The number of methoxy groups -OCH3 is 1. The summed E-state index contributed by atoms with van der Waals surface area (Å²) >= 11 is 0. The standard InChI is InChI=1S/C13H28N2O3/c1-15(9-12-4-3-5-14-8-12)10-13(16)11-18-7-6-17-2/h12-14,16H,3-11H2,1-2H3. The molecule has 2 N–H and O–H groups in total. The van der Waals surface area contributed by atoms with Gasteiger partial charge in [-0.3, -0.25) is 0 Å². The van der Waals surface area contributed by atoms with Gasteiger partial charge in [0, 0.05) is 20.2 Å². The summed E-state index contributed by atoms with van der Waals surface area (Å²) in [7, 11) is 3.71. The van der Waals surface area contributed by atoms with Gasteiger partial charge in [-0.05, 0) is 38.9 Å². The molecule has 1 rings (SSSR count). The first-order chi connectivity index (χ1) is 8.72. The molecular formula is C13H28N2O3. The van der Waals surface area contributed by atoms with E-state index in [0.29, 0.717) is 32.3 Å². The quantitative estimate of drug-likeness (QED) is 0.569. The SMILES string of the molecule is COCCOCC(O)CN(C)CC1CCCNC1. The van der Waals surface area contributed by atoms with Gasteiger partial charge in [0.1, 0.15) is 0 Å². The Bertz CT molecular complexity index is 199. The van der Waals surface area contributed by atoms with Crippen LogP contribution in [-0.2, 0) is 9.47 Å². The summed E-state index contributed by atoms with van der Waals surface area (Å²) in [5, 5.41) is 13.2. The van der Waals surface area contributed by atoms with Crippen LogP contribution in [0.2, 0.25) is 0 Å². The van der Waals surface area contributed by atoms with Crippen molar-refractivity contribution in [1.29, 1.82) is 0 Å². The topological polar surface area (TPSA) is 54.0 Å². The van der Waals surface area contributed by atoms with E-state index in [1.807, 2.05) is 0 Å². The lowest BCUT2D eigenvalue weighted by Gasteiger charge is -2.28. The van der Waals surface area contributed by atoms with Gasteiger partial charge in [-0.2, -0.15) is 0 Å². The Balaban J connectivity index is 2.04. The molecule has 0 aromatic carbocycles. The highest BCUT2D eigenvalue weighted by molar-refractivity contribution is 4.72. The molecule has 0 amide bonds. The fraction of sp³-hybridized carbons (Fsp3) is 1.00. The Morgan fingerprint density at radius 3 is 2.94 bits per heavy atom. The molecule has 0 spiro atoms. The first-order valence-electron chi connectivity index (χ1n) is 6.86. The highest BCUT2D eigenvalue weighted by atomic mass is 16.5. The Labute approximate surface area is 110 Å². The lowest BCUT2D eigenvalue weighted by atomic mass is 9.99. The third-order valence-corrected chi connectivity index (χ3v) is 3.23. The number of nitrogens with zero attached hydrogens (tertiary/aromatic N) is 1. The molecular weight excluding hydrogens is 232 g/mol. The maximum atomic E-state index is 9.83. The summed E-state index contributed by atoms with van der Waals surface area (Å²) in [5.41, 5.74) is 0. The summed E-state index contributed by atoms with van der Waals surface area (Å²) in [5.74, 6) is 0.713. The largest absolute Gasteiger partial charge is 0.389 e. The summed E-state index contributed by atoms with van der Waals surface area (Å²) < 4.78 is 10.2. The minimum Gasteiger partial charge on any atom is -0.389 e. The number of aliphatic hydroxyl groups excluding tert-OH is 1. The van der Waals surface area contributed by atoms with Crippen LogP contribution in [0.5, 0.6) is 0 Å². The fourth-order valence-corrected chi connectivity index (χ4v) is 2.37. The summed E-state index contributed by atoms with van der Waals surface area (Å²) in [6, 6.07) is 0. The zero-order valence-corrected chi connectivity index (χ0v) is 11.7. The van der Waals surface area contributed by atoms with Crippen LogP contribution in [0.25, 0.3) is 0 Å². The van der Waals surface area contributed by atoms with Gasteiger partial charge in [0.05, 0.1) is 25.9 Å². The molecule has 0 radical (unpaired) electrons. The zero-order chi connectivity index (χ0) is 13.2. The number of likely N-dealkylation sites (N-methyl/N-ethyl adjacent to an activating group) is 1. The lowest BCUT2D eigenvalue weighted by molar-refractivity contribution is 0.000676. The average Bonchev–Trinajstić information content (AvgIpc) is 2.35. The zero-order valence-electron chi connectivity index (χ0n) is 11.7. The van der Waals surface area contributed by atoms with Crippen LogP contribution in [0.1, 0.15) is 12.8 Å². The summed E-state index contributed by atoms with van der Waals surface area (Å²) in [4.78, 5) is 2.20. The minimum absolute atomic E-state index is 0.386. The third-order valence-electron chi connectivity index (χ3n) is 3.23. The molecule has 0 aromatic heterocycles. The molecule has 0 saturated carbocycles. The molecule has 18 heavy (non-hydrogen) atoms. The van der Waals surface area contributed by atoms with Gasteiger partial charge >= 0.3 is 0 Å². The van der Waals surface area contributed by atoms with Gasteiger partial charge in [0.15, 0.2) is 0 Å². The van der Waals surface area contributed by atoms with E-state index in [9.17, 15) is 5.11 Å². The van der Waals surface area contributed by atoms with Crippen molar-refractivity contribution in [3.8, 4) is 0 Å². The molecule has 1 saturated heterocycles. The van der Waals surface area contributed by atoms with Crippen molar-refractivity contribution >= 4 is 0 Å². The van der Waals surface area contributed by atoms with Gasteiger partial charge in [-0.15, -0.1) is 0 Å². The first-order valence-corrected chi connectivity index (χ1v) is 6.86. The number of nitrogens with one attached hydrogen (secondary N) is 1. The minimum atomic E-state index is -0.414. The Hall–Kier alpha value is -0.200. The van der Waals surface area contributed by atoms with E-state index >= 15 is 0 Å². The Kier molecular flexibility index (Phi) is 8.54. The normalized spacial score (nSPS) is 22.3. The summed E-state index contributed by atoms with van der Waals surface area (Å²) in [6.07, 6.45) is 2.14. The molecule has 1 aliphatic heterocycles. The molecule has 1 heterocycles. The molecule has 2 atom stereocenters. The van der Waals surface area contributed by atoms with Crippen LogP contribution in [0.3, 0.4) is 0 Å². The number of hydrogen-bond acceptors (Lipinski definition) is 5. The Morgan fingerprint density at radius 2 is 2.28 bits per heavy atom. The number of aliphatic hydroxyl groups is 1. The number of rotatable bonds is 9. The van der Waals surface area contributed by atoms with Crippen LogP contribution in [0, 0.1) is 5.92 Å². The fourth-order valence-electron chi connectivity index (χ4n) is 2.37. The van der Waals surface area contributed by atoms with Crippen molar-refractivity contribution in [2.75, 3.05) is 60.2 Å². The maximum absolute atomic E-state index is 9.83. The highest BCUT2D eigenvalue weighted by Gasteiger charge is 2.16. The predicted octanol–water partition coefficient (Wildman–Crippen LogP) is -0.0583. The van der Waals surface area contributed by atoms with E-state index in [4.69, 9.17) is 9.47 Å². The van der Waals surface area contributed by atoms with E-state index in [1.165, 1.54) is 12.8 Å². The molecule has 1 fully saturated rings. The molecule has 0 aliphatic carbocycles. The van der Waals surface area contributed by atoms with Crippen molar-refractivity contribution in [1.82, 2.24) is 10.2 Å². The molecule has 108 valence electrons. The summed E-state index contributed by atoms with van der Waals surface area (Å²) in [6.45, 7) is 5.48. The van der Waals surface area contributed by atoms with Crippen molar-refractivity contribution in [2.45, 2.75) is 18.9 Å². The van der Waals surface area contributed by atoms with E-state index < -0.39 is 6.10 Å². The van der Waals surface area contributed by atoms with Crippen molar-refractivity contribution < 1.29 is 14.6 Å². The second kappa shape index (κ2) is 9.69. The van der Waals surface area contributed by atoms with Crippen LogP contribution < -0.4 is 5.32 Å². The average molecular weight is 260 g/mol. The highest BCUT2D eigenvalue weighted by Crippen LogP contribution is 2.11. The first kappa shape index (κ1) is 15.9. The van der Waals surface area contributed by atoms with Crippen molar-refractivity contribution in [3.63, 3.8) is 0 Å². The van der Waals surface area contributed by atoms with Crippen LogP contribution >= 0.6 is 0 Å². The van der Waals surface area contributed by atoms with Gasteiger partial charge in [-0.25, -0.2) is 0 Å². The van der Waals surface area contributed by atoms with E-state index in [2.05, 4.69) is 17.3 Å². The second-order valence-electron chi connectivity index (χ2n) is 5.16. The van der Waals surface area contributed by atoms with E-state index in [1.54, 1.807) is 7.11 Å². The number of hydrogen-bond donors (Lipinski definition) is 2. The molecule has 0 aromatic rings.